The summed E-state index contributed by atoms with van der Waals surface area (Å²) in [6.07, 6.45) is 7.25. The fourth-order valence-corrected chi connectivity index (χ4v) is 4.64. The summed E-state index contributed by atoms with van der Waals surface area (Å²) in [6.45, 7) is 1.15. The van der Waals surface area contributed by atoms with Crippen LogP contribution in [0.3, 0.4) is 0 Å². The molecule has 0 spiro atoms. The van der Waals surface area contributed by atoms with E-state index in [0.29, 0.717) is 23.9 Å². The Kier molecular flexibility index (Phi) is 6.49. The van der Waals surface area contributed by atoms with Gasteiger partial charge in [-0.05, 0) is 68.9 Å². The predicted octanol–water partition coefficient (Wildman–Crippen LogP) is 2.00. The molecule has 148 valence electrons. The molecule has 0 saturated heterocycles. The molecule has 3 aliphatic carbocycles. The number of nitrogens with one attached hydrogen (secondary N) is 2. The highest BCUT2D eigenvalue weighted by atomic mass is 32.1. The summed E-state index contributed by atoms with van der Waals surface area (Å²) in [4.78, 5) is 34.6. The number of aryl methyl sites for hydroxylation is 1. The first-order valence-electron chi connectivity index (χ1n) is 9.58. The Morgan fingerprint density at radius 3 is 2.48 bits per heavy atom. The van der Waals surface area contributed by atoms with Crippen LogP contribution in [0.15, 0.2) is 0 Å². The second-order valence-corrected chi connectivity index (χ2v) is 8.68. The fourth-order valence-electron chi connectivity index (χ4n) is 3.39. The zero-order valence-electron chi connectivity index (χ0n) is 15.3. The molecule has 2 saturated carbocycles. The summed E-state index contributed by atoms with van der Waals surface area (Å²) < 4.78 is 0. The molecule has 2 fully saturated rings. The predicted molar refractivity (Wildman–Crippen MR) is 104 cm³/mol. The summed E-state index contributed by atoms with van der Waals surface area (Å²) >= 11 is 1.59. The van der Waals surface area contributed by atoms with Gasteiger partial charge in [-0.25, -0.2) is 0 Å². The summed E-state index contributed by atoms with van der Waals surface area (Å²) in [5.41, 5.74) is 7.70. The average Bonchev–Trinajstić information content (AvgIpc) is 3.56. The zero-order chi connectivity index (χ0) is 19.4. The fraction of sp³-hybridized carbons (Fsp3) is 0.632. The normalized spacial score (nSPS) is 20.7. The van der Waals surface area contributed by atoms with Gasteiger partial charge >= 0.3 is 0 Å². The number of thiophene rings is 1. The second-order valence-electron chi connectivity index (χ2n) is 7.57. The highest BCUT2D eigenvalue weighted by Crippen LogP contribution is 2.41. The van der Waals surface area contributed by atoms with Crippen LogP contribution >= 0.6 is 11.3 Å². The number of rotatable bonds is 6. The van der Waals surface area contributed by atoms with Gasteiger partial charge in [-0.3, -0.25) is 14.4 Å². The molecule has 27 heavy (non-hydrogen) atoms. The highest BCUT2D eigenvalue weighted by molar-refractivity contribution is 7.17. The number of hydrogen-bond donors (Lipinski definition) is 4. The van der Waals surface area contributed by atoms with Crippen molar-refractivity contribution in [2.24, 2.45) is 23.5 Å². The van der Waals surface area contributed by atoms with E-state index in [1.807, 2.05) is 0 Å². The van der Waals surface area contributed by atoms with Gasteiger partial charge in [0.1, 0.15) is 5.00 Å². The smallest absolute Gasteiger partial charge is 0.290 e. The van der Waals surface area contributed by atoms with E-state index in [1.165, 1.54) is 17.7 Å². The molecule has 7 nitrogen and oxygen atoms in total. The summed E-state index contributed by atoms with van der Waals surface area (Å²) in [7, 11) is 0. The first kappa shape index (κ1) is 19.8. The second kappa shape index (κ2) is 8.84. The lowest BCUT2D eigenvalue weighted by Gasteiger charge is -2.21. The van der Waals surface area contributed by atoms with Crippen molar-refractivity contribution in [1.82, 2.24) is 5.32 Å². The molecule has 3 aliphatic rings. The molecule has 4 rings (SSSR count). The number of nitrogens with two attached hydrogens (primary N) is 1. The van der Waals surface area contributed by atoms with Crippen molar-refractivity contribution >= 4 is 34.6 Å². The number of carbonyl (C=O) groups is 3. The Labute approximate surface area is 162 Å². The zero-order valence-corrected chi connectivity index (χ0v) is 16.1. The van der Waals surface area contributed by atoms with Gasteiger partial charge in [0.25, 0.3) is 12.4 Å². The average molecular weight is 394 g/mol. The Morgan fingerprint density at radius 1 is 1.19 bits per heavy atom. The van der Waals surface area contributed by atoms with Crippen LogP contribution in [0.2, 0.25) is 0 Å². The molecule has 0 bridgehead atoms. The first-order valence-corrected chi connectivity index (χ1v) is 10.4. The van der Waals surface area contributed by atoms with Gasteiger partial charge in [-0.15, -0.1) is 11.3 Å². The van der Waals surface area contributed by atoms with Crippen molar-refractivity contribution in [2.75, 3.05) is 18.4 Å². The number of carbonyl (C=O) groups excluding carboxylic acids is 2. The van der Waals surface area contributed by atoms with Gasteiger partial charge in [0, 0.05) is 17.3 Å². The Hall–Kier alpha value is -1.93. The van der Waals surface area contributed by atoms with E-state index in [-0.39, 0.29) is 24.2 Å². The number of amides is 2. The molecule has 0 radical (unpaired) electrons. The van der Waals surface area contributed by atoms with E-state index in [2.05, 4.69) is 10.6 Å². The minimum Gasteiger partial charge on any atom is -0.483 e. The maximum Gasteiger partial charge on any atom is 0.290 e. The lowest BCUT2D eigenvalue weighted by atomic mass is 9.86. The van der Waals surface area contributed by atoms with E-state index in [9.17, 15) is 9.59 Å². The molecule has 8 heteroatoms. The third-order valence-electron chi connectivity index (χ3n) is 5.36. The molecule has 0 aliphatic heterocycles. The van der Waals surface area contributed by atoms with E-state index < -0.39 is 0 Å². The van der Waals surface area contributed by atoms with Crippen molar-refractivity contribution in [3.05, 3.63) is 16.0 Å². The van der Waals surface area contributed by atoms with E-state index >= 15 is 0 Å². The third kappa shape index (κ3) is 5.07. The Bertz CT molecular complexity index is 710. The number of hydrogen-bond acceptors (Lipinski definition) is 5. The van der Waals surface area contributed by atoms with Crippen LogP contribution in [-0.4, -0.2) is 36.5 Å². The van der Waals surface area contributed by atoms with Crippen LogP contribution in [-0.2, 0) is 22.4 Å². The maximum atomic E-state index is 12.8. The SMILES string of the molecule is NCC1CCc2sc(NC(=O)C3CC3)c(C(=O)NCC3CC3)c2C1.O=CO. The summed E-state index contributed by atoms with van der Waals surface area (Å²) in [5, 5.41) is 13.7. The standard InChI is InChI=1S/C18H25N3O2S.CH2O2/c19-8-11-3-6-14-13(7-11)15(17(23)20-9-10-1-2-10)18(24-14)21-16(22)12-4-5-12;2-1-3/h10-12H,1-9,19H2,(H,20,23)(H,21,22);1H,(H,2,3). The number of fused-ring (bicyclic) bond motifs is 1. The quantitative estimate of drug-likeness (QED) is 0.551. The molecular formula is C19H27N3O4S. The molecule has 1 unspecified atom stereocenters. The molecule has 1 atom stereocenters. The van der Waals surface area contributed by atoms with Gasteiger partial charge in [0.2, 0.25) is 5.91 Å². The Morgan fingerprint density at radius 2 is 1.89 bits per heavy atom. The van der Waals surface area contributed by atoms with Gasteiger partial charge in [0.15, 0.2) is 0 Å². The third-order valence-corrected chi connectivity index (χ3v) is 6.56. The van der Waals surface area contributed by atoms with E-state index in [1.54, 1.807) is 11.3 Å². The highest BCUT2D eigenvalue weighted by Gasteiger charge is 2.34. The number of anilines is 1. The Balaban J connectivity index is 0.000000659. The van der Waals surface area contributed by atoms with E-state index in [4.69, 9.17) is 15.6 Å². The van der Waals surface area contributed by atoms with E-state index in [0.717, 1.165) is 49.2 Å². The molecule has 1 aromatic rings. The molecule has 1 aromatic heterocycles. The molecule has 0 aromatic carbocycles. The molecular weight excluding hydrogens is 366 g/mol. The van der Waals surface area contributed by atoms with Gasteiger partial charge in [-0.1, -0.05) is 0 Å². The van der Waals surface area contributed by atoms with Crippen molar-refractivity contribution in [3.63, 3.8) is 0 Å². The summed E-state index contributed by atoms with van der Waals surface area (Å²) in [5.74, 6) is 1.27. The monoisotopic (exact) mass is 393 g/mol. The number of carboxylic acid groups (broad SMARTS) is 1. The lowest BCUT2D eigenvalue weighted by Crippen LogP contribution is -2.29. The molecule has 2 amide bonds. The van der Waals surface area contributed by atoms with Crippen LogP contribution in [0, 0.1) is 17.8 Å². The topological polar surface area (TPSA) is 122 Å². The minimum atomic E-state index is -0.250. The van der Waals surface area contributed by atoms with Gasteiger partial charge < -0.3 is 21.5 Å². The van der Waals surface area contributed by atoms with Crippen molar-refractivity contribution in [1.29, 1.82) is 0 Å². The van der Waals surface area contributed by atoms with Crippen molar-refractivity contribution < 1.29 is 19.5 Å². The van der Waals surface area contributed by atoms with Gasteiger partial charge in [0.05, 0.1) is 5.56 Å². The lowest BCUT2D eigenvalue weighted by molar-refractivity contribution is -0.123. The van der Waals surface area contributed by atoms with Crippen LogP contribution in [0.4, 0.5) is 5.00 Å². The van der Waals surface area contributed by atoms with Crippen LogP contribution in [0.1, 0.15) is 52.9 Å². The minimum absolute atomic E-state index is 0.0248. The molecule has 5 N–H and O–H groups in total. The first-order chi connectivity index (χ1) is 13.1. The maximum absolute atomic E-state index is 12.8. The van der Waals surface area contributed by atoms with Crippen LogP contribution in [0.5, 0.6) is 0 Å². The van der Waals surface area contributed by atoms with Crippen LogP contribution in [0.25, 0.3) is 0 Å². The summed E-state index contributed by atoms with van der Waals surface area (Å²) in [6, 6.07) is 0. The van der Waals surface area contributed by atoms with Gasteiger partial charge in [-0.2, -0.15) is 0 Å². The van der Waals surface area contributed by atoms with Crippen molar-refractivity contribution in [3.8, 4) is 0 Å². The molecule has 1 heterocycles. The van der Waals surface area contributed by atoms with Crippen molar-refractivity contribution in [2.45, 2.75) is 44.9 Å². The van der Waals surface area contributed by atoms with Crippen LogP contribution < -0.4 is 16.4 Å². The largest absolute Gasteiger partial charge is 0.483 e.